The SMILES string of the molecule is Cc1c(C)c2c(c(C)c1O)CCC(C)(C(=O)O)O2.Cl.NC1CCC(N)CC1. The van der Waals surface area contributed by atoms with Gasteiger partial charge in [0.25, 0.3) is 0 Å². The summed E-state index contributed by atoms with van der Waals surface area (Å²) in [6.07, 6.45) is 5.53. The lowest BCUT2D eigenvalue weighted by atomic mass is 9.87. The number of aliphatic carboxylic acids is 1. The molecule has 154 valence electrons. The first-order valence-electron chi connectivity index (χ1n) is 9.32. The van der Waals surface area contributed by atoms with Crippen LogP contribution in [0.2, 0.25) is 0 Å². The maximum Gasteiger partial charge on any atom is 0.347 e. The van der Waals surface area contributed by atoms with Crippen LogP contribution in [0.3, 0.4) is 0 Å². The summed E-state index contributed by atoms with van der Waals surface area (Å²) in [5.74, 6) is -0.0383. The maximum atomic E-state index is 11.3. The van der Waals surface area contributed by atoms with Crippen LogP contribution in [0.4, 0.5) is 0 Å². The van der Waals surface area contributed by atoms with Crippen molar-refractivity contribution >= 4 is 18.4 Å². The summed E-state index contributed by atoms with van der Waals surface area (Å²) in [7, 11) is 0. The highest BCUT2D eigenvalue weighted by Crippen LogP contribution is 2.43. The van der Waals surface area contributed by atoms with Crippen LogP contribution in [0, 0.1) is 20.8 Å². The van der Waals surface area contributed by atoms with Gasteiger partial charge in [0.05, 0.1) is 0 Å². The van der Waals surface area contributed by atoms with Crippen molar-refractivity contribution in [2.45, 2.75) is 83.9 Å². The average Bonchev–Trinajstić information content (AvgIpc) is 2.61. The van der Waals surface area contributed by atoms with Gasteiger partial charge in [-0.1, -0.05) is 0 Å². The highest BCUT2D eigenvalue weighted by molar-refractivity contribution is 5.85. The van der Waals surface area contributed by atoms with Crippen LogP contribution in [0.15, 0.2) is 0 Å². The van der Waals surface area contributed by atoms with E-state index in [2.05, 4.69) is 0 Å². The number of ether oxygens (including phenoxy) is 1. The van der Waals surface area contributed by atoms with E-state index >= 15 is 0 Å². The monoisotopic (exact) mass is 400 g/mol. The summed E-state index contributed by atoms with van der Waals surface area (Å²) in [5, 5.41) is 19.2. The number of fused-ring (bicyclic) bond motifs is 1. The largest absolute Gasteiger partial charge is 0.507 e. The van der Waals surface area contributed by atoms with Crippen LogP contribution in [0.5, 0.6) is 11.5 Å². The summed E-state index contributed by atoms with van der Waals surface area (Å²) < 4.78 is 5.72. The molecule has 1 atom stereocenters. The Bertz CT molecular complexity index is 677. The fraction of sp³-hybridized carbons (Fsp3) is 0.650. The Kier molecular flexibility index (Phi) is 7.96. The second kappa shape index (κ2) is 9.13. The Hall–Kier alpha value is -1.50. The van der Waals surface area contributed by atoms with Crippen LogP contribution >= 0.6 is 12.4 Å². The molecule has 0 spiro atoms. The van der Waals surface area contributed by atoms with E-state index in [0.717, 1.165) is 47.9 Å². The van der Waals surface area contributed by atoms with Crippen LogP contribution in [0.25, 0.3) is 0 Å². The third kappa shape index (κ3) is 5.06. The van der Waals surface area contributed by atoms with Crippen molar-refractivity contribution in [3.63, 3.8) is 0 Å². The van der Waals surface area contributed by atoms with E-state index in [1.54, 1.807) is 6.92 Å². The van der Waals surface area contributed by atoms with Gasteiger partial charge in [0.1, 0.15) is 11.5 Å². The van der Waals surface area contributed by atoms with Gasteiger partial charge in [-0.15, -0.1) is 12.4 Å². The molecule has 1 aromatic rings. The molecular weight excluding hydrogens is 368 g/mol. The fourth-order valence-electron chi connectivity index (χ4n) is 3.54. The summed E-state index contributed by atoms with van der Waals surface area (Å²) in [6.45, 7) is 7.09. The summed E-state index contributed by atoms with van der Waals surface area (Å²) >= 11 is 0. The third-order valence-corrected chi connectivity index (χ3v) is 5.79. The molecule has 6 nitrogen and oxygen atoms in total. The molecular formula is C20H33ClN2O4. The maximum absolute atomic E-state index is 11.3. The second-order valence-corrected chi connectivity index (χ2v) is 7.84. The number of carboxylic acids is 1. The number of phenols is 1. The third-order valence-electron chi connectivity index (χ3n) is 5.79. The van der Waals surface area contributed by atoms with Gasteiger partial charge < -0.3 is 26.4 Å². The lowest BCUT2D eigenvalue weighted by Gasteiger charge is -2.34. The molecule has 1 unspecified atom stereocenters. The normalized spacial score (nSPS) is 26.6. The van der Waals surface area contributed by atoms with E-state index in [1.807, 2.05) is 20.8 Å². The van der Waals surface area contributed by atoms with Crippen LogP contribution in [-0.4, -0.2) is 33.9 Å². The Morgan fingerprint density at radius 3 is 1.96 bits per heavy atom. The molecule has 0 aromatic heterocycles. The van der Waals surface area contributed by atoms with Gasteiger partial charge in [-0.2, -0.15) is 0 Å². The smallest absolute Gasteiger partial charge is 0.347 e. The van der Waals surface area contributed by atoms with E-state index in [4.69, 9.17) is 16.2 Å². The van der Waals surface area contributed by atoms with E-state index in [-0.39, 0.29) is 18.2 Å². The molecule has 2 aliphatic rings. The Balaban J connectivity index is 0.000000342. The highest BCUT2D eigenvalue weighted by Gasteiger charge is 2.40. The van der Waals surface area contributed by atoms with Gasteiger partial charge in [0.2, 0.25) is 5.60 Å². The van der Waals surface area contributed by atoms with E-state index in [0.29, 0.717) is 30.7 Å². The van der Waals surface area contributed by atoms with E-state index in [9.17, 15) is 15.0 Å². The van der Waals surface area contributed by atoms with Crippen LogP contribution in [0.1, 0.15) is 61.3 Å². The van der Waals surface area contributed by atoms with Crippen molar-refractivity contribution in [3.05, 3.63) is 22.3 Å². The molecule has 1 aliphatic carbocycles. The zero-order valence-corrected chi connectivity index (χ0v) is 17.5. The van der Waals surface area contributed by atoms with Crippen molar-refractivity contribution in [1.82, 2.24) is 0 Å². The Morgan fingerprint density at radius 1 is 1.04 bits per heavy atom. The van der Waals surface area contributed by atoms with Gasteiger partial charge in [0, 0.05) is 24.1 Å². The van der Waals surface area contributed by atoms with Gasteiger partial charge in [-0.25, -0.2) is 4.79 Å². The lowest BCUT2D eigenvalue weighted by molar-refractivity contribution is -0.155. The number of aromatic hydroxyl groups is 1. The quantitative estimate of drug-likeness (QED) is 0.575. The fourth-order valence-corrected chi connectivity index (χ4v) is 3.54. The van der Waals surface area contributed by atoms with E-state index < -0.39 is 11.6 Å². The van der Waals surface area contributed by atoms with Gasteiger partial charge in [-0.05, 0) is 76.5 Å². The molecule has 0 radical (unpaired) electrons. The molecule has 0 saturated heterocycles. The molecule has 0 bridgehead atoms. The molecule has 1 heterocycles. The molecule has 1 saturated carbocycles. The van der Waals surface area contributed by atoms with Crippen molar-refractivity contribution in [1.29, 1.82) is 0 Å². The first kappa shape index (κ1) is 23.5. The number of carbonyl (C=O) groups is 1. The van der Waals surface area contributed by atoms with Crippen molar-refractivity contribution < 1.29 is 19.7 Å². The predicted octanol–water partition coefficient (Wildman–Crippen LogP) is 3.12. The molecule has 7 heteroatoms. The minimum Gasteiger partial charge on any atom is -0.507 e. The Labute approximate surface area is 167 Å². The minimum absolute atomic E-state index is 0. The van der Waals surface area contributed by atoms with Gasteiger partial charge in [-0.3, -0.25) is 0 Å². The number of benzene rings is 1. The number of carboxylic acid groups (broad SMARTS) is 1. The second-order valence-electron chi connectivity index (χ2n) is 7.84. The average molecular weight is 401 g/mol. The summed E-state index contributed by atoms with van der Waals surface area (Å²) in [6, 6.07) is 0.879. The van der Waals surface area contributed by atoms with Crippen molar-refractivity contribution in [2.24, 2.45) is 11.5 Å². The highest BCUT2D eigenvalue weighted by atomic mass is 35.5. The zero-order valence-electron chi connectivity index (χ0n) is 16.7. The molecule has 1 aliphatic heterocycles. The number of rotatable bonds is 1. The molecule has 1 aromatic carbocycles. The topological polar surface area (TPSA) is 119 Å². The molecule has 6 N–H and O–H groups in total. The summed E-state index contributed by atoms with van der Waals surface area (Å²) in [5.41, 5.74) is 13.4. The molecule has 3 rings (SSSR count). The minimum atomic E-state index is -1.17. The predicted molar refractivity (Wildman–Crippen MR) is 109 cm³/mol. The Morgan fingerprint density at radius 2 is 1.52 bits per heavy atom. The number of hydrogen-bond acceptors (Lipinski definition) is 5. The first-order chi connectivity index (χ1) is 12.1. The van der Waals surface area contributed by atoms with E-state index in [1.165, 1.54) is 0 Å². The number of phenolic OH excluding ortho intramolecular Hbond substituents is 1. The van der Waals surface area contributed by atoms with Crippen molar-refractivity contribution in [3.8, 4) is 11.5 Å². The first-order valence-corrected chi connectivity index (χ1v) is 9.32. The number of halogens is 1. The van der Waals surface area contributed by atoms with Gasteiger partial charge in [0.15, 0.2) is 0 Å². The zero-order chi connectivity index (χ0) is 19.6. The summed E-state index contributed by atoms with van der Waals surface area (Å²) in [4.78, 5) is 11.3. The van der Waals surface area contributed by atoms with Gasteiger partial charge >= 0.3 is 5.97 Å². The molecule has 0 amide bonds. The van der Waals surface area contributed by atoms with Crippen LogP contribution < -0.4 is 16.2 Å². The number of hydrogen-bond donors (Lipinski definition) is 4. The molecule has 1 fully saturated rings. The van der Waals surface area contributed by atoms with Crippen molar-refractivity contribution in [2.75, 3.05) is 0 Å². The van der Waals surface area contributed by atoms with Crippen LogP contribution in [-0.2, 0) is 11.2 Å². The molecule has 27 heavy (non-hydrogen) atoms. The standard InChI is InChI=1S/C14H18O4.C6H14N2.ClH/c1-7-8(2)12-10(9(3)11(7)15)5-6-14(4,18-12)13(16)17;7-5-1-2-6(8)4-3-5;/h15H,5-6H2,1-4H3,(H,16,17);5-6H,1-4,7-8H2;1H. The number of nitrogens with two attached hydrogens (primary N) is 2. The lowest BCUT2D eigenvalue weighted by Crippen LogP contribution is -2.44.